The Morgan fingerprint density at radius 2 is 1.87 bits per heavy atom. The van der Waals surface area contributed by atoms with Gasteiger partial charge in [-0.1, -0.05) is 28.9 Å². The van der Waals surface area contributed by atoms with Crippen LogP contribution in [0.25, 0.3) is 0 Å². The van der Waals surface area contributed by atoms with Gasteiger partial charge in [-0.15, -0.1) is 0 Å². The lowest BCUT2D eigenvalue weighted by Gasteiger charge is -2.17. The van der Waals surface area contributed by atoms with Crippen molar-refractivity contribution in [1.29, 1.82) is 0 Å². The molecule has 6 nitrogen and oxygen atoms in total. The highest BCUT2D eigenvalue weighted by Crippen LogP contribution is 2.18. The minimum absolute atomic E-state index is 0.0180. The van der Waals surface area contributed by atoms with Crippen molar-refractivity contribution >= 4 is 29.1 Å². The number of rotatable bonds is 5. The van der Waals surface area contributed by atoms with E-state index in [0.717, 1.165) is 5.56 Å². The van der Waals surface area contributed by atoms with Crippen LogP contribution in [0.15, 0.2) is 29.4 Å². The van der Waals surface area contributed by atoms with Gasteiger partial charge in [0.25, 0.3) is 5.91 Å². The van der Waals surface area contributed by atoms with E-state index in [1.54, 1.807) is 19.1 Å². The maximum atomic E-state index is 12.2. The molecule has 1 aromatic rings. The van der Waals surface area contributed by atoms with Crippen LogP contribution in [0, 0.1) is 0 Å². The molecule has 23 heavy (non-hydrogen) atoms. The highest BCUT2D eigenvalue weighted by atomic mass is 35.5. The van der Waals surface area contributed by atoms with Crippen molar-refractivity contribution < 1.29 is 14.4 Å². The third-order valence-electron chi connectivity index (χ3n) is 3.32. The normalized spacial score (nSPS) is 18.1. The van der Waals surface area contributed by atoms with Gasteiger partial charge in [0, 0.05) is 17.5 Å². The molecule has 0 fully saturated rings. The molecule has 0 saturated carbocycles. The Hall–Kier alpha value is -2.08. The highest BCUT2D eigenvalue weighted by molar-refractivity contribution is 6.30. The van der Waals surface area contributed by atoms with Crippen molar-refractivity contribution in [3.63, 3.8) is 0 Å². The molecule has 7 heteroatoms. The molecular formula is C16H20ClN3O3. The summed E-state index contributed by atoms with van der Waals surface area (Å²) in [5.41, 5.74) is 1.54. The van der Waals surface area contributed by atoms with Crippen LogP contribution in [0.3, 0.4) is 0 Å². The Morgan fingerprint density at radius 1 is 1.22 bits per heavy atom. The van der Waals surface area contributed by atoms with Crippen molar-refractivity contribution in [2.45, 2.75) is 45.4 Å². The molecule has 0 unspecified atom stereocenters. The van der Waals surface area contributed by atoms with Gasteiger partial charge in [0.1, 0.15) is 6.04 Å². The smallest absolute Gasteiger partial charge is 0.264 e. The monoisotopic (exact) mass is 337 g/mol. The first kappa shape index (κ1) is 17.3. The average Bonchev–Trinajstić information content (AvgIpc) is 2.97. The third kappa shape index (κ3) is 4.69. The van der Waals surface area contributed by atoms with E-state index in [1.807, 2.05) is 26.0 Å². The van der Waals surface area contributed by atoms with Gasteiger partial charge >= 0.3 is 0 Å². The number of amides is 2. The predicted molar refractivity (Wildman–Crippen MR) is 88.4 cm³/mol. The molecule has 0 aromatic heterocycles. The molecule has 0 aliphatic carbocycles. The number of halogens is 1. The lowest BCUT2D eigenvalue weighted by atomic mass is 10.0. The number of nitrogens with one attached hydrogen (secondary N) is 2. The van der Waals surface area contributed by atoms with Gasteiger partial charge in [-0.3, -0.25) is 9.59 Å². The summed E-state index contributed by atoms with van der Waals surface area (Å²) >= 11 is 5.85. The summed E-state index contributed by atoms with van der Waals surface area (Å²) in [6, 6.07) is 6.54. The molecule has 0 bridgehead atoms. The van der Waals surface area contributed by atoms with Crippen LogP contribution in [-0.4, -0.2) is 35.7 Å². The number of nitrogens with zero attached hydrogens (tertiary/aromatic N) is 1. The fourth-order valence-corrected chi connectivity index (χ4v) is 2.24. The Morgan fingerprint density at radius 3 is 2.48 bits per heavy atom. The van der Waals surface area contributed by atoms with Crippen molar-refractivity contribution in [2.75, 3.05) is 0 Å². The molecule has 2 rings (SSSR count). The number of carbonyl (C=O) groups excluding carboxylic acids is 2. The first-order valence-corrected chi connectivity index (χ1v) is 7.84. The first-order valence-electron chi connectivity index (χ1n) is 7.46. The molecule has 2 amide bonds. The van der Waals surface area contributed by atoms with Gasteiger partial charge < -0.3 is 15.5 Å². The predicted octanol–water partition coefficient (Wildman–Crippen LogP) is 1.86. The third-order valence-corrected chi connectivity index (χ3v) is 3.57. The van der Waals surface area contributed by atoms with Crippen LogP contribution in [0.4, 0.5) is 0 Å². The zero-order valence-corrected chi connectivity index (χ0v) is 14.1. The standard InChI is InChI=1S/C16H20ClN3O3/c1-9(2)18-15(21)10(3)19-16(22)14-8-13(20-23-14)11-4-6-12(17)7-5-11/h4-7,9-10,14H,8H2,1-3H3,(H,18,21)(H,19,22)/t10-,14-/m1/s1. The quantitative estimate of drug-likeness (QED) is 0.860. The number of benzene rings is 1. The Bertz CT molecular complexity index is 614. The molecule has 1 heterocycles. The van der Waals surface area contributed by atoms with Crippen molar-refractivity contribution in [1.82, 2.24) is 10.6 Å². The molecule has 0 saturated heterocycles. The van der Waals surface area contributed by atoms with E-state index in [4.69, 9.17) is 16.4 Å². The van der Waals surface area contributed by atoms with E-state index in [1.165, 1.54) is 0 Å². The lowest BCUT2D eigenvalue weighted by Crippen LogP contribution is -2.49. The van der Waals surface area contributed by atoms with E-state index in [-0.39, 0.29) is 17.9 Å². The Kier molecular flexibility index (Phi) is 5.60. The first-order chi connectivity index (χ1) is 10.9. The molecular weight excluding hydrogens is 318 g/mol. The van der Waals surface area contributed by atoms with E-state index in [9.17, 15) is 9.59 Å². The average molecular weight is 338 g/mol. The van der Waals surface area contributed by atoms with E-state index in [0.29, 0.717) is 17.2 Å². The van der Waals surface area contributed by atoms with Gasteiger partial charge in [0.05, 0.1) is 5.71 Å². The fourth-order valence-electron chi connectivity index (χ4n) is 2.11. The largest absolute Gasteiger partial charge is 0.382 e. The van der Waals surface area contributed by atoms with Crippen LogP contribution >= 0.6 is 11.6 Å². The van der Waals surface area contributed by atoms with Crippen LogP contribution in [0.1, 0.15) is 32.8 Å². The number of hydrogen-bond acceptors (Lipinski definition) is 4. The Labute approximate surface area is 140 Å². The zero-order chi connectivity index (χ0) is 17.0. The summed E-state index contributed by atoms with van der Waals surface area (Å²) in [6.45, 7) is 5.35. The summed E-state index contributed by atoms with van der Waals surface area (Å²) < 4.78 is 0. The maximum absolute atomic E-state index is 12.2. The SMILES string of the molecule is CC(C)NC(=O)[C@@H](C)NC(=O)[C@H]1CC(c2ccc(Cl)cc2)=NO1. The molecule has 0 spiro atoms. The molecule has 1 aliphatic heterocycles. The van der Waals surface area contributed by atoms with Crippen LogP contribution in [0.2, 0.25) is 5.02 Å². The lowest BCUT2D eigenvalue weighted by molar-refractivity contribution is -0.135. The minimum Gasteiger partial charge on any atom is -0.382 e. The Balaban J connectivity index is 1.88. The highest BCUT2D eigenvalue weighted by Gasteiger charge is 2.30. The summed E-state index contributed by atoms with van der Waals surface area (Å²) in [6.07, 6.45) is -0.374. The van der Waals surface area contributed by atoms with Gasteiger partial charge in [-0.25, -0.2) is 0 Å². The molecule has 0 radical (unpaired) electrons. The number of carbonyl (C=O) groups is 2. The molecule has 2 N–H and O–H groups in total. The fraction of sp³-hybridized carbons (Fsp3) is 0.438. The van der Waals surface area contributed by atoms with Gasteiger partial charge in [-0.05, 0) is 38.5 Å². The molecule has 1 aromatic carbocycles. The second kappa shape index (κ2) is 7.46. The van der Waals surface area contributed by atoms with Crippen molar-refractivity contribution in [3.8, 4) is 0 Å². The minimum atomic E-state index is -0.727. The zero-order valence-electron chi connectivity index (χ0n) is 13.3. The van der Waals surface area contributed by atoms with Crippen LogP contribution in [-0.2, 0) is 14.4 Å². The van der Waals surface area contributed by atoms with Crippen LogP contribution in [0.5, 0.6) is 0 Å². The van der Waals surface area contributed by atoms with Gasteiger partial charge in [-0.2, -0.15) is 0 Å². The summed E-state index contributed by atoms with van der Waals surface area (Å²) in [7, 11) is 0. The van der Waals surface area contributed by atoms with Crippen molar-refractivity contribution in [3.05, 3.63) is 34.9 Å². The second-order valence-corrected chi connectivity index (χ2v) is 6.17. The summed E-state index contributed by atoms with van der Waals surface area (Å²) in [4.78, 5) is 29.2. The number of hydrogen-bond donors (Lipinski definition) is 2. The topological polar surface area (TPSA) is 79.8 Å². The number of oxime groups is 1. The summed E-state index contributed by atoms with van der Waals surface area (Å²) in [5.74, 6) is -0.589. The van der Waals surface area contributed by atoms with E-state index < -0.39 is 12.1 Å². The molecule has 2 atom stereocenters. The van der Waals surface area contributed by atoms with Gasteiger partial charge in [0.15, 0.2) is 0 Å². The van der Waals surface area contributed by atoms with E-state index >= 15 is 0 Å². The second-order valence-electron chi connectivity index (χ2n) is 5.74. The van der Waals surface area contributed by atoms with Gasteiger partial charge in [0.2, 0.25) is 12.0 Å². The molecule has 1 aliphatic rings. The summed E-state index contributed by atoms with van der Waals surface area (Å²) in [5, 5.41) is 9.96. The van der Waals surface area contributed by atoms with E-state index in [2.05, 4.69) is 15.8 Å². The maximum Gasteiger partial charge on any atom is 0.264 e. The molecule has 124 valence electrons. The van der Waals surface area contributed by atoms with Crippen molar-refractivity contribution in [2.24, 2.45) is 5.16 Å². The van der Waals surface area contributed by atoms with Crippen LogP contribution < -0.4 is 10.6 Å².